The van der Waals surface area contributed by atoms with E-state index in [0.717, 1.165) is 54.3 Å². The molecule has 0 aromatic heterocycles. The maximum atomic E-state index is 6.12. The largest absolute Gasteiger partial charge is 0.491 e. The Morgan fingerprint density at radius 3 is 2.21 bits per heavy atom. The van der Waals surface area contributed by atoms with Crippen LogP contribution in [0.2, 0.25) is 0 Å². The zero-order valence-corrected chi connectivity index (χ0v) is 27.4. The Morgan fingerprint density at radius 2 is 1.58 bits per heavy atom. The van der Waals surface area contributed by atoms with Crippen molar-refractivity contribution in [2.75, 3.05) is 20.1 Å². The van der Waals surface area contributed by atoms with Crippen LogP contribution in [-0.2, 0) is 11.2 Å². The van der Waals surface area contributed by atoms with Gasteiger partial charge in [0, 0.05) is 37.1 Å². The van der Waals surface area contributed by atoms with Gasteiger partial charge in [-0.3, -0.25) is 0 Å². The smallest absolute Gasteiger partial charge is 0.119 e. The van der Waals surface area contributed by atoms with E-state index in [1.165, 1.54) is 22.3 Å². The third-order valence-corrected chi connectivity index (χ3v) is 7.60. The molecular formula is C39H51N3O. The van der Waals surface area contributed by atoms with Crippen LogP contribution >= 0.6 is 0 Å². The van der Waals surface area contributed by atoms with Crippen LogP contribution in [0.3, 0.4) is 0 Å². The lowest BCUT2D eigenvalue weighted by molar-refractivity contribution is 0.142. The normalized spacial score (nSPS) is 14.6. The summed E-state index contributed by atoms with van der Waals surface area (Å²) < 4.78 is 6.12. The Morgan fingerprint density at radius 1 is 0.930 bits per heavy atom. The van der Waals surface area contributed by atoms with E-state index in [9.17, 15) is 0 Å². The summed E-state index contributed by atoms with van der Waals surface area (Å²) in [5.41, 5.74) is 9.34. The second-order valence-corrected chi connectivity index (χ2v) is 11.3. The summed E-state index contributed by atoms with van der Waals surface area (Å²) in [7, 11) is 2.12. The van der Waals surface area contributed by atoms with Crippen LogP contribution in [0, 0.1) is 6.92 Å². The highest BCUT2D eigenvalue weighted by atomic mass is 16.5. The maximum absolute atomic E-state index is 6.12. The van der Waals surface area contributed by atoms with Crippen molar-refractivity contribution in [3.8, 4) is 0 Å². The summed E-state index contributed by atoms with van der Waals surface area (Å²) in [4.78, 5) is 4.60. The average molecular weight is 578 g/mol. The Bertz CT molecular complexity index is 1400. The van der Waals surface area contributed by atoms with Gasteiger partial charge in [0.1, 0.15) is 5.76 Å². The number of nitrogens with one attached hydrogen (secondary N) is 1. The van der Waals surface area contributed by atoms with Crippen LogP contribution in [0.25, 0.3) is 5.70 Å². The molecule has 0 amide bonds. The van der Waals surface area contributed by atoms with Gasteiger partial charge in [-0.05, 0) is 62.8 Å². The summed E-state index contributed by atoms with van der Waals surface area (Å²) >= 11 is 0. The lowest BCUT2D eigenvalue weighted by Crippen LogP contribution is -2.42. The predicted octanol–water partition coefficient (Wildman–Crippen LogP) is 9.24. The van der Waals surface area contributed by atoms with Crippen molar-refractivity contribution in [1.82, 2.24) is 15.1 Å². The third kappa shape index (κ3) is 8.90. The molecule has 4 rings (SSSR count). The van der Waals surface area contributed by atoms with Gasteiger partial charge in [-0.25, -0.2) is 0 Å². The van der Waals surface area contributed by atoms with E-state index in [1.807, 2.05) is 27.7 Å². The molecule has 1 unspecified atom stereocenters. The Hall–Kier alpha value is -4.18. The summed E-state index contributed by atoms with van der Waals surface area (Å²) in [6.07, 6.45) is 1.92. The first-order chi connectivity index (χ1) is 20.6. The van der Waals surface area contributed by atoms with Gasteiger partial charge < -0.3 is 19.9 Å². The lowest BCUT2D eigenvalue weighted by atomic mass is 9.91. The molecule has 228 valence electrons. The molecule has 0 bridgehead atoms. The van der Waals surface area contributed by atoms with Crippen molar-refractivity contribution in [3.63, 3.8) is 0 Å². The fourth-order valence-electron chi connectivity index (χ4n) is 5.51. The molecule has 0 fully saturated rings. The first kappa shape index (κ1) is 33.3. The minimum Gasteiger partial charge on any atom is -0.491 e. The molecule has 1 N–H and O–H groups in total. The number of hydrogen-bond donors (Lipinski definition) is 1. The van der Waals surface area contributed by atoms with E-state index in [2.05, 4.69) is 135 Å². The van der Waals surface area contributed by atoms with Crippen LogP contribution in [0.15, 0.2) is 121 Å². The van der Waals surface area contributed by atoms with Crippen LogP contribution in [0.1, 0.15) is 74.9 Å². The zero-order chi connectivity index (χ0) is 31.5. The summed E-state index contributed by atoms with van der Waals surface area (Å²) in [6, 6.07) is 28.0. The van der Waals surface area contributed by atoms with E-state index in [1.54, 1.807) is 0 Å². The second-order valence-electron chi connectivity index (χ2n) is 11.3. The van der Waals surface area contributed by atoms with Gasteiger partial charge in [0.15, 0.2) is 0 Å². The van der Waals surface area contributed by atoms with Gasteiger partial charge >= 0.3 is 0 Å². The SMILES string of the molecule is C=C(OC(C)C)C1=C(C)NC(=C)N(CCCN(C)C(=C)c2ccc(Cc3ccccc3)cc2)C1c1cccc(C)c1.CC. The number of benzene rings is 3. The van der Waals surface area contributed by atoms with Gasteiger partial charge in [0.05, 0.1) is 18.0 Å². The van der Waals surface area contributed by atoms with Crippen molar-refractivity contribution in [2.45, 2.75) is 66.5 Å². The Labute approximate surface area is 261 Å². The molecule has 43 heavy (non-hydrogen) atoms. The molecule has 0 saturated carbocycles. The Balaban J connectivity index is 0.00000248. The third-order valence-electron chi connectivity index (χ3n) is 7.60. The molecular weight excluding hydrogens is 526 g/mol. The fourth-order valence-corrected chi connectivity index (χ4v) is 5.51. The number of aryl methyl sites for hydroxylation is 1. The molecule has 3 aromatic rings. The molecule has 1 atom stereocenters. The number of allylic oxidation sites excluding steroid dienone is 1. The van der Waals surface area contributed by atoms with Crippen molar-refractivity contribution < 1.29 is 4.74 Å². The monoisotopic (exact) mass is 577 g/mol. The topological polar surface area (TPSA) is 27.7 Å². The molecule has 4 nitrogen and oxygen atoms in total. The first-order valence-corrected chi connectivity index (χ1v) is 15.5. The van der Waals surface area contributed by atoms with Gasteiger partial charge in [0.25, 0.3) is 0 Å². The van der Waals surface area contributed by atoms with Crippen molar-refractivity contribution in [3.05, 3.63) is 149 Å². The van der Waals surface area contributed by atoms with Crippen molar-refractivity contribution in [1.29, 1.82) is 0 Å². The van der Waals surface area contributed by atoms with E-state index in [-0.39, 0.29) is 12.1 Å². The van der Waals surface area contributed by atoms with E-state index >= 15 is 0 Å². The molecule has 1 heterocycles. The zero-order valence-electron chi connectivity index (χ0n) is 27.4. The van der Waals surface area contributed by atoms with Gasteiger partial charge in [0.2, 0.25) is 0 Å². The lowest BCUT2D eigenvalue weighted by Gasteiger charge is -2.42. The second kappa shape index (κ2) is 15.9. The predicted molar refractivity (Wildman–Crippen MR) is 184 cm³/mol. The highest BCUT2D eigenvalue weighted by Gasteiger charge is 2.33. The van der Waals surface area contributed by atoms with Gasteiger partial charge in [-0.15, -0.1) is 0 Å². The minimum absolute atomic E-state index is 0.0273. The number of hydrogen-bond acceptors (Lipinski definition) is 4. The quantitative estimate of drug-likeness (QED) is 0.217. The first-order valence-electron chi connectivity index (χ1n) is 15.5. The number of rotatable bonds is 12. The molecule has 0 aliphatic carbocycles. The molecule has 0 radical (unpaired) electrons. The van der Waals surface area contributed by atoms with Gasteiger partial charge in [-0.1, -0.05) is 118 Å². The maximum Gasteiger partial charge on any atom is 0.119 e. The van der Waals surface area contributed by atoms with Gasteiger partial charge in [-0.2, -0.15) is 0 Å². The molecule has 0 spiro atoms. The van der Waals surface area contributed by atoms with Crippen LogP contribution in [0.5, 0.6) is 0 Å². The average Bonchev–Trinajstić information content (AvgIpc) is 2.99. The van der Waals surface area contributed by atoms with E-state index in [4.69, 9.17) is 4.74 Å². The fraction of sp³-hybridized carbons (Fsp3) is 0.333. The molecule has 0 saturated heterocycles. The summed E-state index contributed by atoms with van der Waals surface area (Å²) in [5, 5.41) is 3.50. The standard InChI is InChI=1S/C37H45N3O.C2H6/c1-26(2)41-30(6)36-28(4)38-31(7)40(37(36)35-17-12-14-27(3)24-35)23-13-22-39(8)29(5)34-20-18-33(19-21-34)25-32-15-10-9-11-16-32;1-2/h9-12,14-21,24,26,37-38H,5-7,13,22-23,25H2,1-4,8H3;1-2H3. The number of ether oxygens (including phenoxy) is 1. The summed E-state index contributed by atoms with van der Waals surface area (Å²) in [6.45, 7) is 27.1. The molecule has 1 aliphatic heterocycles. The van der Waals surface area contributed by atoms with Crippen molar-refractivity contribution >= 4 is 5.70 Å². The van der Waals surface area contributed by atoms with Crippen molar-refractivity contribution in [2.24, 2.45) is 0 Å². The van der Waals surface area contributed by atoms with Crippen LogP contribution in [-0.4, -0.2) is 36.0 Å². The summed E-state index contributed by atoms with van der Waals surface area (Å²) in [5.74, 6) is 1.60. The van der Waals surface area contributed by atoms with E-state index < -0.39 is 0 Å². The molecule has 3 aromatic carbocycles. The molecule has 4 heteroatoms. The Kier molecular flexibility index (Phi) is 12.3. The van der Waals surface area contributed by atoms with E-state index in [0.29, 0.717) is 5.76 Å². The number of nitrogens with zero attached hydrogens (tertiary/aromatic N) is 2. The van der Waals surface area contributed by atoms with Crippen LogP contribution in [0.4, 0.5) is 0 Å². The highest BCUT2D eigenvalue weighted by molar-refractivity contribution is 5.62. The van der Waals surface area contributed by atoms with Crippen LogP contribution < -0.4 is 5.32 Å². The minimum atomic E-state index is -0.0273. The highest BCUT2D eigenvalue weighted by Crippen LogP contribution is 2.40. The molecule has 1 aliphatic rings.